The number of benzene rings is 2. The summed E-state index contributed by atoms with van der Waals surface area (Å²) in [6.45, 7) is 5.79. The maximum atomic E-state index is 13.1. The summed E-state index contributed by atoms with van der Waals surface area (Å²) in [5.74, 6) is 0.00178. The molecule has 0 radical (unpaired) electrons. The summed E-state index contributed by atoms with van der Waals surface area (Å²) in [5.41, 5.74) is 6.56. The lowest BCUT2D eigenvalue weighted by atomic mass is 9.95. The van der Waals surface area contributed by atoms with Gasteiger partial charge in [0.15, 0.2) is 0 Å². The molecule has 0 aliphatic carbocycles. The number of amides is 1. The molecule has 0 atom stereocenters. The van der Waals surface area contributed by atoms with Gasteiger partial charge in [-0.15, -0.1) is 0 Å². The average molecular weight is 374 g/mol. The summed E-state index contributed by atoms with van der Waals surface area (Å²) in [5, 5.41) is 0. The van der Waals surface area contributed by atoms with E-state index in [9.17, 15) is 4.79 Å². The van der Waals surface area contributed by atoms with Crippen molar-refractivity contribution in [2.75, 3.05) is 20.3 Å². The number of hydrogen-bond acceptors (Lipinski definition) is 3. The highest BCUT2D eigenvalue weighted by Gasteiger charge is 2.16. The minimum atomic E-state index is 0.00178. The predicted octanol–water partition coefficient (Wildman–Crippen LogP) is 4.65. The second-order valence-corrected chi connectivity index (χ2v) is 6.92. The van der Waals surface area contributed by atoms with E-state index in [1.807, 2.05) is 41.3 Å². The first kappa shape index (κ1) is 19.8. The monoisotopic (exact) mass is 374 g/mol. The molecule has 3 aromatic rings. The Kier molecular flexibility index (Phi) is 6.56. The molecule has 28 heavy (non-hydrogen) atoms. The molecule has 0 aliphatic rings. The van der Waals surface area contributed by atoms with Crippen LogP contribution in [0.1, 0.15) is 27.0 Å². The van der Waals surface area contributed by atoms with Gasteiger partial charge in [0.25, 0.3) is 5.91 Å². The SMILES string of the molecule is COCCN(Cc1ccncc1)C(=O)c1ccc(-c2c(C)cccc2C)cc1. The fourth-order valence-electron chi connectivity index (χ4n) is 3.39. The number of methoxy groups -OCH3 is 1. The lowest BCUT2D eigenvalue weighted by Crippen LogP contribution is -2.33. The molecule has 0 bridgehead atoms. The lowest BCUT2D eigenvalue weighted by Gasteiger charge is -2.23. The standard InChI is InChI=1S/C24H26N2O2/c1-18-5-4-6-19(2)23(18)21-7-9-22(10-8-21)24(27)26(15-16-28-3)17-20-11-13-25-14-12-20/h4-14H,15-17H2,1-3H3. The van der Waals surface area contributed by atoms with E-state index in [1.54, 1.807) is 19.5 Å². The maximum absolute atomic E-state index is 13.1. The van der Waals surface area contributed by atoms with E-state index < -0.39 is 0 Å². The highest BCUT2D eigenvalue weighted by atomic mass is 16.5. The van der Waals surface area contributed by atoms with Gasteiger partial charge in [-0.3, -0.25) is 9.78 Å². The van der Waals surface area contributed by atoms with Crippen LogP contribution in [0.4, 0.5) is 0 Å². The van der Waals surface area contributed by atoms with Crippen LogP contribution < -0.4 is 0 Å². The molecule has 0 saturated carbocycles. The van der Waals surface area contributed by atoms with Crippen LogP contribution in [-0.4, -0.2) is 36.1 Å². The zero-order chi connectivity index (χ0) is 19.9. The van der Waals surface area contributed by atoms with Crippen molar-refractivity contribution in [2.45, 2.75) is 20.4 Å². The Hall–Kier alpha value is -2.98. The number of carbonyl (C=O) groups excluding carboxylic acids is 1. The number of nitrogens with zero attached hydrogens (tertiary/aromatic N) is 2. The fraction of sp³-hybridized carbons (Fsp3) is 0.250. The van der Waals surface area contributed by atoms with Crippen LogP contribution in [0.5, 0.6) is 0 Å². The molecule has 3 rings (SSSR count). The number of ether oxygens (including phenoxy) is 1. The van der Waals surface area contributed by atoms with E-state index in [0.29, 0.717) is 25.3 Å². The molecule has 0 N–H and O–H groups in total. The van der Waals surface area contributed by atoms with E-state index >= 15 is 0 Å². The molecule has 4 nitrogen and oxygen atoms in total. The zero-order valence-corrected chi connectivity index (χ0v) is 16.7. The molecule has 144 valence electrons. The topological polar surface area (TPSA) is 42.4 Å². The number of aromatic nitrogens is 1. The largest absolute Gasteiger partial charge is 0.383 e. The van der Waals surface area contributed by atoms with Gasteiger partial charge in [0, 0.05) is 38.2 Å². The van der Waals surface area contributed by atoms with Crippen molar-refractivity contribution in [2.24, 2.45) is 0 Å². The Morgan fingerprint density at radius 3 is 2.21 bits per heavy atom. The van der Waals surface area contributed by atoms with Crippen molar-refractivity contribution >= 4 is 5.91 Å². The van der Waals surface area contributed by atoms with Gasteiger partial charge in [0.1, 0.15) is 0 Å². The van der Waals surface area contributed by atoms with Crippen LogP contribution in [0.15, 0.2) is 67.0 Å². The highest BCUT2D eigenvalue weighted by molar-refractivity contribution is 5.94. The number of carbonyl (C=O) groups is 1. The molecule has 4 heteroatoms. The molecular formula is C24H26N2O2. The first-order valence-electron chi connectivity index (χ1n) is 9.44. The van der Waals surface area contributed by atoms with Crippen molar-refractivity contribution in [3.8, 4) is 11.1 Å². The molecule has 0 saturated heterocycles. The van der Waals surface area contributed by atoms with E-state index in [0.717, 1.165) is 11.1 Å². The highest BCUT2D eigenvalue weighted by Crippen LogP contribution is 2.27. The Morgan fingerprint density at radius 1 is 0.964 bits per heavy atom. The van der Waals surface area contributed by atoms with Crippen LogP contribution in [0.25, 0.3) is 11.1 Å². The van der Waals surface area contributed by atoms with Gasteiger partial charge in [-0.05, 0) is 65.9 Å². The van der Waals surface area contributed by atoms with Gasteiger partial charge in [-0.25, -0.2) is 0 Å². The summed E-state index contributed by atoms with van der Waals surface area (Å²) >= 11 is 0. The molecule has 0 spiro atoms. The van der Waals surface area contributed by atoms with Crippen molar-refractivity contribution in [3.63, 3.8) is 0 Å². The first-order valence-corrected chi connectivity index (χ1v) is 9.44. The molecule has 0 aliphatic heterocycles. The van der Waals surface area contributed by atoms with Crippen LogP contribution in [0.3, 0.4) is 0 Å². The van der Waals surface area contributed by atoms with Crippen molar-refractivity contribution in [1.82, 2.24) is 9.88 Å². The van der Waals surface area contributed by atoms with E-state index in [4.69, 9.17) is 4.74 Å². The Morgan fingerprint density at radius 2 is 1.61 bits per heavy atom. The van der Waals surface area contributed by atoms with Crippen LogP contribution >= 0.6 is 0 Å². The second-order valence-electron chi connectivity index (χ2n) is 6.92. The molecule has 0 unspecified atom stereocenters. The van der Waals surface area contributed by atoms with Crippen LogP contribution in [-0.2, 0) is 11.3 Å². The number of rotatable bonds is 7. The second kappa shape index (κ2) is 9.29. The van der Waals surface area contributed by atoms with Crippen LogP contribution in [0, 0.1) is 13.8 Å². The Labute approximate surface area is 166 Å². The van der Waals surface area contributed by atoms with E-state index in [1.165, 1.54) is 16.7 Å². The third kappa shape index (κ3) is 4.65. The van der Waals surface area contributed by atoms with Gasteiger partial charge < -0.3 is 9.64 Å². The fourth-order valence-corrected chi connectivity index (χ4v) is 3.39. The van der Waals surface area contributed by atoms with E-state index in [2.05, 4.69) is 37.0 Å². The molecule has 1 heterocycles. The molecule has 2 aromatic carbocycles. The average Bonchev–Trinajstić information content (AvgIpc) is 2.72. The Bertz CT molecular complexity index is 901. The normalized spacial score (nSPS) is 10.7. The number of pyridine rings is 1. The van der Waals surface area contributed by atoms with Gasteiger partial charge in [0.2, 0.25) is 0 Å². The summed E-state index contributed by atoms with van der Waals surface area (Å²) in [7, 11) is 1.65. The molecule has 1 amide bonds. The quantitative estimate of drug-likeness (QED) is 0.604. The summed E-state index contributed by atoms with van der Waals surface area (Å²) in [6.07, 6.45) is 3.49. The zero-order valence-electron chi connectivity index (χ0n) is 16.7. The minimum Gasteiger partial charge on any atom is -0.383 e. The van der Waals surface area contributed by atoms with Crippen molar-refractivity contribution in [3.05, 3.63) is 89.2 Å². The Balaban J connectivity index is 1.83. The molecule has 1 aromatic heterocycles. The lowest BCUT2D eigenvalue weighted by molar-refractivity contribution is 0.0680. The van der Waals surface area contributed by atoms with E-state index in [-0.39, 0.29) is 5.91 Å². The maximum Gasteiger partial charge on any atom is 0.254 e. The predicted molar refractivity (Wildman–Crippen MR) is 112 cm³/mol. The van der Waals surface area contributed by atoms with Gasteiger partial charge in [0.05, 0.1) is 6.61 Å². The smallest absolute Gasteiger partial charge is 0.254 e. The van der Waals surface area contributed by atoms with Crippen molar-refractivity contribution in [1.29, 1.82) is 0 Å². The third-order valence-electron chi connectivity index (χ3n) is 4.88. The number of aryl methyl sites for hydroxylation is 2. The molecule has 0 fully saturated rings. The van der Waals surface area contributed by atoms with Crippen LogP contribution in [0.2, 0.25) is 0 Å². The summed E-state index contributed by atoms with van der Waals surface area (Å²) in [6, 6.07) is 18.0. The van der Waals surface area contributed by atoms with Gasteiger partial charge in [-0.1, -0.05) is 30.3 Å². The number of hydrogen-bond donors (Lipinski definition) is 0. The van der Waals surface area contributed by atoms with Gasteiger partial charge >= 0.3 is 0 Å². The van der Waals surface area contributed by atoms with Crippen molar-refractivity contribution < 1.29 is 9.53 Å². The van der Waals surface area contributed by atoms with Gasteiger partial charge in [-0.2, -0.15) is 0 Å². The third-order valence-corrected chi connectivity index (χ3v) is 4.88. The summed E-state index contributed by atoms with van der Waals surface area (Å²) in [4.78, 5) is 18.9. The minimum absolute atomic E-state index is 0.00178. The first-order chi connectivity index (χ1) is 13.6. The summed E-state index contributed by atoms with van der Waals surface area (Å²) < 4.78 is 5.19. The molecular weight excluding hydrogens is 348 g/mol.